The van der Waals surface area contributed by atoms with Crippen molar-refractivity contribution in [3.8, 4) is 0 Å². The Morgan fingerprint density at radius 1 is 0.917 bits per heavy atom. The summed E-state index contributed by atoms with van der Waals surface area (Å²) in [7, 11) is 0. The summed E-state index contributed by atoms with van der Waals surface area (Å²) >= 11 is 1.77. The molecular formula is C20H23N3S. The molecule has 3 rings (SSSR count). The van der Waals surface area contributed by atoms with Crippen LogP contribution in [0.4, 0.5) is 0 Å². The SMILES string of the molecule is CCCn1c(Cc2ccccc2)nnc1SCc1ccc(C)cc1. The number of rotatable bonds is 7. The molecule has 3 aromatic rings. The van der Waals surface area contributed by atoms with Crippen molar-refractivity contribution >= 4 is 11.8 Å². The van der Waals surface area contributed by atoms with Crippen LogP contribution in [0.2, 0.25) is 0 Å². The van der Waals surface area contributed by atoms with Crippen molar-refractivity contribution in [3.05, 3.63) is 77.1 Å². The van der Waals surface area contributed by atoms with Crippen molar-refractivity contribution in [1.29, 1.82) is 0 Å². The number of thioether (sulfide) groups is 1. The van der Waals surface area contributed by atoms with Gasteiger partial charge in [0.1, 0.15) is 5.82 Å². The van der Waals surface area contributed by atoms with E-state index in [-0.39, 0.29) is 0 Å². The van der Waals surface area contributed by atoms with Gasteiger partial charge in [0.25, 0.3) is 0 Å². The summed E-state index contributed by atoms with van der Waals surface area (Å²) in [5.74, 6) is 1.97. The van der Waals surface area contributed by atoms with Gasteiger partial charge in [0.15, 0.2) is 5.16 Å². The van der Waals surface area contributed by atoms with Gasteiger partial charge in [-0.05, 0) is 24.5 Å². The molecule has 3 nitrogen and oxygen atoms in total. The first-order valence-electron chi connectivity index (χ1n) is 8.40. The molecule has 0 fully saturated rings. The molecule has 24 heavy (non-hydrogen) atoms. The summed E-state index contributed by atoms with van der Waals surface area (Å²) in [6, 6.07) is 19.2. The normalized spacial score (nSPS) is 10.9. The summed E-state index contributed by atoms with van der Waals surface area (Å²) in [5.41, 5.74) is 3.89. The van der Waals surface area contributed by atoms with E-state index in [4.69, 9.17) is 0 Å². The molecular weight excluding hydrogens is 314 g/mol. The Morgan fingerprint density at radius 2 is 1.67 bits per heavy atom. The minimum absolute atomic E-state index is 0.832. The second-order valence-corrected chi connectivity index (χ2v) is 6.93. The lowest BCUT2D eigenvalue weighted by Crippen LogP contribution is -2.05. The summed E-state index contributed by atoms with van der Waals surface area (Å²) in [5, 5.41) is 9.91. The van der Waals surface area contributed by atoms with Gasteiger partial charge >= 0.3 is 0 Å². The predicted molar refractivity (Wildman–Crippen MR) is 100 cm³/mol. The highest BCUT2D eigenvalue weighted by molar-refractivity contribution is 7.98. The van der Waals surface area contributed by atoms with Crippen LogP contribution in [0, 0.1) is 6.92 Å². The first kappa shape index (κ1) is 16.8. The van der Waals surface area contributed by atoms with Crippen LogP contribution in [0.3, 0.4) is 0 Å². The fraction of sp³-hybridized carbons (Fsp3) is 0.300. The van der Waals surface area contributed by atoms with Crippen molar-refractivity contribution in [2.45, 2.75) is 44.1 Å². The van der Waals surface area contributed by atoms with Crippen molar-refractivity contribution in [1.82, 2.24) is 14.8 Å². The number of aromatic nitrogens is 3. The van der Waals surface area contributed by atoms with Crippen LogP contribution in [0.15, 0.2) is 59.8 Å². The van der Waals surface area contributed by atoms with Gasteiger partial charge in [-0.25, -0.2) is 0 Å². The van der Waals surface area contributed by atoms with Crippen molar-refractivity contribution in [3.63, 3.8) is 0 Å². The molecule has 0 atom stereocenters. The molecule has 2 aromatic carbocycles. The minimum atomic E-state index is 0.832. The first-order valence-corrected chi connectivity index (χ1v) is 9.39. The predicted octanol–water partition coefficient (Wildman–Crippen LogP) is 4.88. The molecule has 0 N–H and O–H groups in total. The van der Waals surface area contributed by atoms with Crippen LogP contribution in [-0.4, -0.2) is 14.8 Å². The molecule has 1 heterocycles. The van der Waals surface area contributed by atoms with Crippen LogP contribution in [0.5, 0.6) is 0 Å². The molecule has 0 aliphatic rings. The van der Waals surface area contributed by atoms with Gasteiger partial charge < -0.3 is 4.57 Å². The van der Waals surface area contributed by atoms with Gasteiger partial charge in [-0.2, -0.15) is 0 Å². The molecule has 0 saturated carbocycles. The van der Waals surface area contributed by atoms with Crippen LogP contribution in [0.1, 0.15) is 35.9 Å². The van der Waals surface area contributed by atoms with E-state index < -0.39 is 0 Å². The Labute approximate surface area is 148 Å². The van der Waals surface area contributed by atoms with Crippen molar-refractivity contribution < 1.29 is 0 Å². The molecule has 4 heteroatoms. The smallest absolute Gasteiger partial charge is 0.191 e. The molecule has 0 bridgehead atoms. The first-order chi connectivity index (χ1) is 11.8. The molecule has 0 aliphatic carbocycles. The van der Waals surface area contributed by atoms with Crippen LogP contribution < -0.4 is 0 Å². The van der Waals surface area contributed by atoms with Gasteiger partial charge in [-0.3, -0.25) is 0 Å². The molecule has 0 spiro atoms. The standard InChI is InChI=1S/C20H23N3S/c1-3-13-23-19(14-17-7-5-4-6-8-17)21-22-20(23)24-15-18-11-9-16(2)10-12-18/h4-12H,3,13-15H2,1-2H3. The Morgan fingerprint density at radius 3 is 2.38 bits per heavy atom. The fourth-order valence-corrected chi connectivity index (χ4v) is 3.55. The van der Waals surface area contributed by atoms with Crippen LogP contribution >= 0.6 is 11.8 Å². The number of hydrogen-bond acceptors (Lipinski definition) is 3. The van der Waals surface area contributed by atoms with E-state index in [9.17, 15) is 0 Å². The van der Waals surface area contributed by atoms with Gasteiger partial charge in [-0.1, -0.05) is 78.8 Å². The molecule has 124 valence electrons. The Hall–Kier alpha value is -2.07. The average molecular weight is 337 g/mol. The molecule has 0 amide bonds. The van der Waals surface area contributed by atoms with E-state index in [0.29, 0.717) is 0 Å². The third-order valence-corrected chi connectivity index (χ3v) is 4.97. The number of nitrogens with zero attached hydrogens (tertiary/aromatic N) is 3. The minimum Gasteiger partial charge on any atom is -0.306 e. The zero-order valence-corrected chi connectivity index (χ0v) is 15.1. The quantitative estimate of drug-likeness (QED) is 0.576. The maximum Gasteiger partial charge on any atom is 0.191 e. The summed E-state index contributed by atoms with van der Waals surface area (Å²) < 4.78 is 2.27. The van der Waals surface area contributed by atoms with Crippen LogP contribution in [-0.2, 0) is 18.7 Å². The number of benzene rings is 2. The van der Waals surface area contributed by atoms with Crippen molar-refractivity contribution in [2.75, 3.05) is 0 Å². The Balaban J connectivity index is 1.74. The van der Waals surface area contributed by atoms with E-state index in [0.717, 1.165) is 36.1 Å². The lowest BCUT2D eigenvalue weighted by Gasteiger charge is -2.09. The molecule has 0 saturated heterocycles. The zero-order valence-electron chi connectivity index (χ0n) is 14.3. The topological polar surface area (TPSA) is 30.7 Å². The Bertz CT molecular complexity index is 763. The number of aryl methyl sites for hydroxylation is 1. The third-order valence-electron chi connectivity index (χ3n) is 3.93. The average Bonchev–Trinajstić information content (AvgIpc) is 2.98. The lowest BCUT2D eigenvalue weighted by atomic mass is 10.1. The van der Waals surface area contributed by atoms with E-state index in [1.807, 2.05) is 6.07 Å². The molecule has 1 aromatic heterocycles. The van der Waals surface area contributed by atoms with Gasteiger partial charge in [-0.15, -0.1) is 10.2 Å². The van der Waals surface area contributed by atoms with Crippen LogP contribution in [0.25, 0.3) is 0 Å². The van der Waals surface area contributed by atoms with Gasteiger partial charge in [0, 0.05) is 18.7 Å². The second-order valence-electron chi connectivity index (χ2n) is 5.99. The van der Waals surface area contributed by atoms with Gasteiger partial charge in [0.2, 0.25) is 0 Å². The van der Waals surface area contributed by atoms with Gasteiger partial charge in [0.05, 0.1) is 0 Å². The largest absolute Gasteiger partial charge is 0.306 e. The van der Waals surface area contributed by atoms with E-state index >= 15 is 0 Å². The highest BCUT2D eigenvalue weighted by Crippen LogP contribution is 2.23. The number of hydrogen-bond donors (Lipinski definition) is 0. The maximum atomic E-state index is 4.45. The summed E-state index contributed by atoms with van der Waals surface area (Å²) in [4.78, 5) is 0. The second kappa shape index (κ2) is 8.15. The third kappa shape index (κ3) is 4.26. The monoisotopic (exact) mass is 337 g/mol. The molecule has 0 aliphatic heterocycles. The molecule has 0 unspecified atom stereocenters. The fourth-order valence-electron chi connectivity index (χ4n) is 2.62. The Kier molecular flexibility index (Phi) is 5.70. The lowest BCUT2D eigenvalue weighted by molar-refractivity contribution is 0.598. The van der Waals surface area contributed by atoms with E-state index in [1.54, 1.807) is 11.8 Å². The van der Waals surface area contributed by atoms with E-state index in [2.05, 4.69) is 77.1 Å². The zero-order chi connectivity index (χ0) is 16.8. The highest BCUT2D eigenvalue weighted by atomic mass is 32.2. The maximum absolute atomic E-state index is 4.45. The van der Waals surface area contributed by atoms with Crippen molar-refractivity contribution in [2.24, 2.45) is 0 Å². The summed E-state index contributed by atoms with van der Waals surface area (Å²) in [6.45, 7) is 5.27. The highest BCUT2D eigenvalue weighted by Gasteiger charge is 2.12. The molecule has 0 radical (unpaired) electrons. The van der Waals surface area contributed by atoms with E-state index in [1.165, 1.54) is 16.7 Å². The summed E-state index contributed by atoms with van der Waals surface area (Å²) in [6.07, 6.45) is 1.91.